The number of aryl methyl sites for hydroxylation is 2. The van der Waals surface area contributed by atoms with Crippen LogP contribution in [0.2, 0.25) is 0 Å². The van der Waals surface area contributed by atoms with Crippen LogP contribution in [0.5, 0.6) is 0 Å². The van der Waals surface area contributed by atoms with Gasteiger partial charge in [0.1, 0.15) is 0 Å². The summed E-state index contributed by atoms with van der Waals surface area (Å²) in [6, 6.07) is 6.33. The quantitative estimate of drug-likeness (QED) is 0.888. The highest BCUT2D eigenvalue weighted by molar-refractivity contribution is 9.10. The van der Waals surface area contributed by atoms with Crippen LogP contribution in [0.4, 0.5) is 0 Å². The number of hydrogen-bond acceptors (Lipinski definition) is 2. The summed E-state index contributed by atoms with van der Waals surface area (Å²) in [4.78, 5) is 7.54. The lowest BCUT2D eigenvalue weighted by atomic mass is 10.0. The van der Waals surface area contributed by atoms with Gasteiger partial charge in [-0.15, -0.1) is 0 Å². The molecule has 0 amide bonds. The fraction of sp³-hybridized carbons (Fsp3) is 0.250. The van der Waals surface area contributed by atoms with E-state index in [1.807, 2.05) is 0 Å². The molecule has 0 atom stereocenters. The number of halogens is 1. The topological polar surface area (TPSA) is 54.7 Å². The molecule has 1 heterocycles. The van der Waals surface area contributed by atoms with Crippen molar-refractivity contribution in [3.05, 3.63) is 39.8 Å². The molecule has 0 fully saturated rings. The molecule has 0 bridgehead atoms. The van der Waals surface area contributed by atoms with E-state index in [1.165, 1.54) is 11.1 Å². The predicted octanol–water partition coefficient (Wildman–Crippen LogP) is 2.91. The third-order valence-corrected chi connectivity index (χ3v) is 2.97. The molecule has 84 valence electrons. The van der Waals surface area contributed by atoms with Crippen LogP contribution in [0, 0.1) is 13.8 Å². The van der Waals surface area contributed by atoms with Gasteiger partial charge in [-0.3, -0.25) is 0 Å². The Kier molecular flexibility index (Phi) is 3.12. The molecule has 1 aromatic carbocycles. The van der Waals surface area contributed by atoms with E-state index in [4.69, 9.17) is 5.73 Å². The van der Waals surface area contributed by atoms with Gasteiger partial charge in [-0.2, -0.15) is 0 Å². The lowest BCUT2D eigenvalue weighted by Crippen LogP contribution is -1.99. The number of hydrogen-bond donors (Lipinski definition) is 2. The third kappa shape index (κ3) is 2.03. The lowest BCUT2D eigenvalue weighted by Gasteiger charge is -2.05. The molecule has 2 rings (SSSR count). The number of aromatic nitrogens is 2. The number of nitrogens with zero attached hydrogens (tertiary/aromatic N) is 1. The number of nitrogens with one attached hydrogen (secondary N) is 1. The SMILES string of the molecule is Cc1ccc(-c2nc(Br)[nH]c2CN)c(C)c1. The second kappa shape index (κ2) is 4.39. The number of rotatable bonds is 2. The number of benzene rings is 1. The fourth-order valence-corrected chi connectivity index (χ4v) is 2.24. The van der Waals surface area contributed by atoms with Crippen LogP contribution in [0.25, 0.3) is 11.3 Å². The Morgan fingerprint density at radius 1 is 1.38 bits per heavy atom. The summed E-state index contributed by atoms with van der Waals surface area (Å²) < 4.78 is 0.725. The minimum Gasteiger partial charge on any atom is -0.335 e. The Hall–Kier alpha value is -1.13. The molecule has 0 aliphatic rings. The molecule has 16 heavy (non-hydrogen) atoms. The van der Waals surface area contributed by atoms with Crippen molar-refractivity contribution in [2.24, 2.45) is 5.73 Å². The van der Waals surface area contributed by atoms with E-state index in [-0.39, 0.29) is 0 Å². The lowest BCUT2D eigenvalue weighted by molar-refractivity contribution is 1.01. The number of nitrogens with two attached hydrogens (primary N) is 1. The normalized spacial score (nSPS) is 10.8. The highest BCUT2D eigenvalue weighted by Gasteiger charge is 2.11. The minimum absolute atomic E-state index is 0.460. The van der Waals surface area contributed by atoms with Crippen molar-refractivity contribution >= 4 is 15.9 Å². The summed E-state index contributed by atoms with van der Waals surface area (Å²) in [5.74, 6) is 0. The van der Waals surface area contributed by atoms with E-state index in [2.05, 4.69) is 57.9 Å². The standard InChI is InChI=1S/C12H14BrN3/c1-7-3-4-9(8(2)5-7)11-10(6-14)15-12(13)16-11/h3-5H,6,14H2,1-2H3,(H,15,16). The second-order valence-electron chi connectivity index (χ2n) is 3.88. The van der Waals surface area contributed by atoms with Crippen molar-refractivity contribution in [2.75, 3.05) is 0 Å². The predicted molar refractivity (Wildman–Crippen MR) is 69.1 cm³/mol. The summed E-state index contributed by atoms with van der Waals surface area (Å²) in [7, 11) is 0. The highest BCUT2D eigenvalue weighted by Crippen LogP contribution is 2.26. The molecule has 0 saturated heterocycles. The molecule has 1 aromatic heterocycles. The Bertz CT molecular complexity index is 517. The monoisotopic (exact) mass is 279 g/mol. The summed E-state index contributed by atoms with van der Waals surface area (Å²) in [5, 5.41) is 0. The number of aromatic amines is 1. The highest BCUT2D eigenvalue weighted by atomic mass is 79.9. The van der Waals surface area contributed by atoms with Crippen LogP contribution in [0.3, 0.4) is 0 Å². The minimum atomic E-state index is 0.460. The van der Waals surface area contributed by atoms with Crippen LogP contribution in [-0.2, 0) is 6.54 Å². The van der Waals surface area contributed by atoms with Gasteiger partial charge < -0.3 is 10.7 Å². The smallest absolute Gasteiger partial charge is 0.175 e. The van der Waals surface area contributed by atoms with Crippen LogP contribution in [-0.4, -0.2) is 9.97 Å². The fourth-order valence-electron chi connectivity index (χ4n) is 1.83. The van der Waals surface area contributed by atoms with E-state index < -0.39 is 0 Å². The van der Waals surface area contributed by atoms with Crippen LogP contribution in [0.1, 0.15) is 16.8 Å². The average Bonchev–Trinajstić information content (AvgIpc) is 2.59. The molecule has 0 spiro atoms. The van der Waals surface area contributed by atoms with Crippen molar-refractivity contribution in [1.82, 2.24) is 9.97 Å². The van der Waals surface area contributed by atoms with E-state index >= 15 is 0 Å². The van der Waals surface area contributed by atoms with Crippen LogP contribution in [0.15, 0.2) is 22.9 Å². The molecule has 0 unspecified atom stereocenters. The van der Waals surface area contributed by atoms with Gasteiger partial charge in [-0.05, 0) is 35.3 Å². The van der Waals surface area contributed by atoms with E-state index in [1.54, 1.807) is 0 Å². The zero-order valence-electron chi connectivity index (χ0n) is 9.34. The van der Waals surface area contributed by atoms with Gasteiger partial charge in [0.15, 0.2) is 4.73 Å². The first-order chi connectivity index (χ1) is 7.61. The first-order valence-corrected chi connectivity index (χ1v) is 5.93. The number of H-pyrrole nitrogens is 1. The van der Waals surface area contributed by atoms with Crippen molar-refractivity contribution in [3.8, 4) is 11.3 Å². The van der Waals surface area contributed by atoms with Gasteiger partial charge in [-0.25, -0.2) is 4.98 Å². The summed E-state index contributed by atoms with van der Waals surface area (Å²) >= 11 is 3.34. The molecule has 2 aromatic rings. The molecule has 0 aliphatic heterocycles. The zero-order valence-corrected chi connectivity index (χ0v) is 10.9. The summed E-state index contributed by atoms with van der Waals surface area (Å²) in [6.45, 7) is 4.63. The Morgan fingerprint density at radius 3 is 2.75 bits per heavy atom. The largest absolute Gasteiger partial charge is 0.335 e. The number of imidazole rings is 1. The Labute approximate surface area is 103 Å². The zero-order chi connectivity index (χ0) is 11.7. The van der Waals surface area contributed by atoms with Gasteiger partial charge in [0, 0.05) is 12.1 Å². The van der Waals surface area contributed by atoms with Crippen molar-refractivity contribution < 1.29 is 0 Å². The van der Waals surface area contributed by atoms with Gasteiger partial charge in [0.05, 0.1) is 11.4 Å². The van der Waals surface area contributed by atoms with Gasteiger partial charge in [-0.1, -0.05) is 23.8 Å². The van der Waals surface area contributed by atoms with E-state index in [9.17, 15) is 0 Å². The van der Waals surface area contributed by atoms with Crippen LogP contribution < -0.4 is 5.73 Å². The van der Waals surface area contributed by atoms with Gasteiger partial charge in [0.2, 0.25) is 0 Å². The molecule has 4 heteroatoms. The second-order valence-corrected chi connectivity index (χ2v) is 4.63. The van der Waals surface area contributed by atoms with Gasteiger partial charge in [0.25, 0.3) is 0 Å². The maximum atomic E-state index is 5.69. The van der Waals surface area contributed by atoms with Crippen molar-refractivity contribution in [2.45, 2.75) is 20.4 Å². The first-order valence-electron chi connectivity index (χ1n) is 5.14. The van der Waals surface area contributed by atoms with Crippen molar-refractivity contribution in [1.29, 1.82) is 0 Å². The maximum Gasteiger partial charge on any atom is 0.175 e. The molecule has 0 aliphatic carbocycles. The third-order valence-electron chi connectivity index (χ3n) is 2.59. The molecule has 0 radical (unpaired) electrons. The molecular formula is C12H14BrN3. The van der Waals surface area contributed by atoms with Crippen LogP contribution >= 0.6 is 15.9 Å². The molecule has 3 N–H and O–H groups in total. The maximum absolute atomic E-state index is 5.69. The summed E-state index contributed by atoms with van der Waals surface area (Å²) in [5.41, 5.74) is 11.2. The van der Waals surface area contributed by atoms with Crippen molar-refractivity contribution in [3.63, 3.8) is 0 Å². The Morgan fingerprint density at radius 2 is 2.12 bits per heavy atom. The van der Waals surface area contributed by atoms with E-state index in [0.29, 0.717) is 6.54 Å². The molecule has 0 saturated carbocycles. The van der Waals surface area contributed by atoms with E-state index in [0.717, 1.165) is 21.7 Å². The molecule has 3 nitrogen and oxygen atoms in total. The van der Waals surface area contributed by atoms with Gasteiger partial charge >= 0.3 is 0 Å². The molecular weight excluding hydrogens is 266 g/mol. The average molecular weight is 280 g/mol. The Balaban J connectivity index is 2.57. The summed E-state index contributed by atoms with van der Waals surface area (Å²) in [6.07, 6.45) is 0. The first kappa shape index (κ1) is 11.4.